The number of ether oxygens (including phenoxy) is 1. The first-order valence-corrected chi connectivity index (χ1v) is 7.93. The molecule has 1 N–H and O–H groups in total. The Morgan fingerprint density at radius 3 is 2.64 bits per heavy atom. The van der Waals surface area contributed by atoms with Crippen LogP contribution in [0.2, 0.25) is 0 Å². The summed E-state index contributed by atoms with van der Waals surface area (Å²) in [5.41, 5.74) is 1.62. The van der Waals surface area contributed by atoms with E-state index in [1.165, 1.54) is 4.57 Å². The fourth-order valence-electron chi connectivity index (χ4n) is 2.62. The van der Waals surface area contributed by atoms with Crippen LogP contribution >= 0.6 is 0 Å². The molecule has 7 heteroatoms. The molecule has 25 heavy (non-hydrogen) atoms. The fraction of sp³-hybridized carbons (Fsp3) is 0.222. The van der Waals surface area contributed by atoms with Gasteiger partial charge in [0.05, 0.1) is 11.2 Å². The summed E-state index contributed by atoms with van der Waals surface area (Å²) in [5, 5.41) is 9.96. The molecule has 0 aliphatic rings. The minimum absolute atomic E-state index is 0.218. The SMILES string of the molecule is CC(C)(C)OC(=O)n1c(OBO)cc2c(-c3ccccn3)cccc21. The smallest absolute Gasteiger partial charge is 0.505 e. The van der Waals surface area contributed by atoms with Crippen molar-refractivity contribution in [1.82, 2.24) is 9.55 Å². The molecule has 0 bridgehead atoms. The van der Waals surface area contributed by atoms with Crippen LogP contribution in [0, 0.1) is 0 Å². The van der Waals surface area contributed by atoms with E-state index in [9.17, 15) is 4.79 Å². The minimum atomic E-state index is -0.650. The van der Waals surface area contributed by atoms with E-state index in [2.05, 4.69) is 4.98 Å². The third kappa shape index (κ3) is 3.51. The topological polar surface area (TPSA) is 73.6 Å². The van der Waals surface area contributed by atoms with E-state index >= 15 is 0 Å². The number of rotatable bonds is 3. The van der Waals surface area contributed by atoms with Crippen molar-refractivity contribution in [3.63, 3.8) is 0 Å². The monoisotopic (exact) mass is 338 g/mol. The molecule has 3 rings (SSSR count). The molecule has 6 nitrogen and oxygen atoms in total. The number of carbonyl (C=O) groups is 1. The lowest BCUT2D eigenvalue weighted by molar-refractivity contribution is 0.0537. The quantitative estimate of drug-likeness (QED) is 0.743. The Labute approximate surface area is 146 Å². The van der Waals surface area contributed by atoms with E-state index < -0.39 is 19.4 Å². The second-order valence-corrected chi connectivity index (χ2v) is 6.53. The summed E-state index contributed by atoms with van der Waals surface area (Å²) in [6.07, 6.45) is 1.15. The fourth-order valence-corrected chi connectivity index (χ4v) is 2.62. The number of hydrogen-bond acceptors (Lipinski definition) is 5. The molecule has 0 radical (unpaired) electrons. The Kier molecular flexibility index (Phi) is 4.50. The van der Waals surface area contributed by atoms with Crippen LogP contribution in [0.1, 0.15) is 20.8 Å². The number of aromatic nitrogens is 2. The highest BCUT2D eigenvalue weighted by Crippen LogP contribution is 2.33. The van der Waals surface area contributed by atoms with E-state index in [0.717, 1.165) is 16.6 Å². The zero-order valence-corrected chi connectivity index (χ0v) is 14.4. The van der Waals surface area contributed by atoms with Gasteiger partial charge in [-0.25, -0.2) is 9.36 Å². The first-order valence-electron chi connectivity index (χ1n) is 7.93. The maximum absolute atomic E-state index is 12.6. The van der Waals surface area contributed by atoms with Gasteiger partial charge in [0, 0.05) is 23.2 Å². The van der Waals surface area contributed by atoms with Gasteiger partial charge in [-0.05, 0) is 39.0 Å². The van der Waals surface area contributed by atoms with Crippen molar-refractivity contribution in [3.8, 4) is 17.1 Å². The van der Waals surface area contributed by atoms with Crippen molar-refractivity contribution in [3.05, 3.63) is 48.7 Å². The summed E-state index contributed by atoms with van der Waals surface area (Å²) in [7, 11) is -0.544. The molecule has 128 valence electrons. The van der Waals surface area contributed by atoms with Crippen LogP contribution < -0.4 is 4.65 Å². The molecule has 0 fully saturated rings. The minimum Gasteiger partial charge on any atom is -0.526 e. The van der Waals surface area contributed by atoms with Gasteiger partial charge in [0.25, 0.3) is 0 Å². The second kappa shape index (κ2) is 6.60. The van der Waals surface area contributed by atoms with Crippen molar-refractivity contribution in [2.24, 2.45) is 0 Å². The first-order chi connectivity index (χ1) is 11.9. The lowest BCUT2D eigenvalue weighted by Crippen LogP contribution is -2.27. The average molecular weight is 338 g/mol. The molecule has 3 aromatic rings. The van der Waals surface area contributed by atoms with Crippen LogP contribution in [-0.4, -0.2) is 34.0 Å². The number of nitrogens with zero attached hydrogens (tertiary/aromatic N) is 2. The van der Waals surface area contributed by atoms with Crippen molar-refractivity contribution in [1.29, 1.82) is 0 Å². The summed E-state index contributed by atoms with van der Waals surface area (Å²) in [4.78, 5) is 17.0. The van der Waals surface area contributed by atoms with Crippen LogP contribution in [0.25, 0.3) is 22.2 Å². The standard InChI is InChI=1S/C18H19BN2O4/c1-18(2,3)24-17(22)21-15-9-6-7-12(14-8-4-5-10-20-14)13(15)11-16(21)25-19-23/h4-11,19,23H,1-3H3. The van der Waals surface area contributed by atoms with E-state index in [1.54, 1.807) is 39.1 Å². The van der Waals surface area contributed by atoms with Gasteiger partial charge < -0.3 is 14.4 Å². The van der Waals surface area contributed by atoms with Gasteiger partial charge in [-0.3, -0.25) is 4.98 Å². The molecule has 0 aliphatic heterocycles. The molecule has 0 spiro atoms. The van der Waals surface area contributed by atoms with Crippen molar-refractivity contribution in [2.45, 2.75) is 26.4 Å². The van der Waals surface area contributed by atoms with Crippen LogP contribution in [0.5, 0.6) is 5.88 Å². The summed E-state index contributed by atoms with van der Waals surface area (Å²) in [6.45, 7) is 5.38. The number of fused-ring (bicyclic) bond motifs is 1. The average Bonchev–Trinajstić information content (AvgIpc) is 2.92. The maximum Gasteiger partial charge on any atom is 0.505 e. The third-order valence-corrected chi connectivity index (χ3v) is 3.54. The van der Waals surface area contributed by atoms with Crippen LogP contribution in [0.4, 0.5) is 4.79 Å². The molecular formula is C18H19BN2O4. The van der Waals surface area contributed by atoms with E-state index in [4.69, 9.17) is 14.4 Å². The van der Waals surface area contributed by atoms with Crippen LogP contribution in [0.15, 0.2) is 48.7 Å². The Morgan fingerprint density at radius 1 is 1.20 bits per heavy atom. The van der Waals surface area contributed by atoms with Crippen molar-refractivity contribution >= 4 is 24.7 Å². The van der Waals surface area contributed by atoms with Gasteiger partial charge in [0.2, 0.25) is 0 Å². The van der Waals surface area contributed by atoms with Gasteiger partial charge in [0.1, 0.15) is 5.60 Å². The van der Waals surface area contributed by atoms with Gasteiger partial charge in [-0.2, -0.15) is 0 Å². The molecular weight excluding hydrogens is 319 g/mol. The summed E-state index contributed by atoms with van der Waals surface area (Å²) < 4.78 is 12.0. The lowest BCUT2D eigenvalue weighted by Gasteiger charge is -2.20. The van der Waals surface area contributed by atoms with Gasteiger partial charge in [-0.15, -0.1) is 0 Å². The van der Waals surface area contributed by atoms with Gasteiger partial charge >= 0.3 is 13.8 Å². The number of benzene rings is 1. The highest BCUT2D eigenvalue weighted by Gasteiger charge is 2.24. The van der Waals surface area contributed by atoms with Crippen molar-refractivity contribution < 1.29 is 19.2 Å². The Morgan fingerprint density at radius 2 is 2.00 bits per heavy atom. The predicted molar refractivity (Wildman–Crippen MR) is 96.8 cm³/mol. The largest absolute Gasteiger partial charge is 0.526 e. The second-order valence-electron chi connectivity index (χ2n) is 6.53. The molecule has 1 aromatic carbocycles. The van der Waals surface area contributed by atoms with Gasteiger partial charge in [0.15, 0.2) is 5.88 Å². The Bertz CT molecular complexity index is 901. The summed E-state index contributed by atoms with van der Waals surface area (Å²) in [5.74, 6) is 0.218. The molecule has 0 saturated heterocycles. The maximum atomic E-state index is 12.6. The van der Waals surface area contributed by atoms with Crippen LogP contribution in [0.3, 0.4) is 0 Å². The summed E-state index contributed by atoms with van der Waals surface area (Å²) >= 11 is 0. The Hall–Kier alpha value is -2.80. The molecule has 0 amide bonds. The molecule has 2 aromatic heterocycles. The number of carbonyl (C=O) groups excluding carboxylic acids is 1. The predicted octanol–water partition coefficient (Wildman–Crippen LogP) is 3.12. The molecule has 0 unspecified atom stereocenters. The molecule has 2 heterocycles. The zero-order chi connectivity index (χ0) is 18.0. The summed E-state index contributed by atoms with van der Waals surface area (Å²) in [6, 6.07) is 12.9. The number of pyridine rings is 1. The van der Waals surface area contributed by atoms with Crippen molar-refractivity contribution in [2.75, 3.05) is 0 Å². The molecule has 0 saturated carbocycles. The highest BCUT2D eigenvalue weighted by atomic mass is 16.6. The third-order valence-electron chi connectivity index (χ3n) is 3.54. The molecule has 0 atom stereocenters. The lowest BCUT2D eigenvalue weighted by atomic mass is 10.1. The Balaban J connectivity index is 2.19. The number of hydrogen-bond donors (Lipinski definition) is 1. The first kappa shape index (κ1) is 17.0. The van der Waals surface area contributed by atoms with Crippen LogP contribution in [-0.2, 0) is 4.74 Å². The van der Waals surface area contributed by atoms with E-state index in [-0.39, 0.29) is 5.88 Å². The van der Waals surface area contributed by atoms with E-state index in [0.29, 0.717) is 5.52 Å². The van der Waals surface area contributed by atoms with E-state index in [1.807, 2.05) is 30.3 Å². The normalized spacial score (nSPS) is 11.4. The zero-order valence-electron chi connectivity index (χ0n) is 14.4. The van der Waals surface area contributed by atoms with Gasteiger partial charge in [-0.1, -0.05) is 18.2 Å². The molecule has 0 aliphatic carbocycles. The highest BCUT2D eigenvalue weighted by molar-refractivity contribution is 6.17.